The van der Waals surface area contributed by atoms with Gasteiger partial charge in [0.15, 0.2) is 0 Å². The van der Waals surface area contributed by atoms with E-state index in [1.807, 2.05) is 6.07 Å². The lowest BCUT2D eigenvalue weighted by Gasteiger charge is -2.06. The lowest BCUT2D eigenvalue weighted by Crippen LogP contribution is -2.03. The Balaban J connectivity index is 2.65. The number of pyridine rings is 1. The highest BCUT2D eigenvalue weighted by Gasteiger charge is 2.01. The van der Waals surface area contributed by atoms with Gasteiger partial charge in [-0.2, -0.15) is 5.26 Å². The lowest BCUT2D eigenvalue weighted by molar-refractivity contribution is 0.830. The average Bonchev–Trinajstić information content (AvgIpc) is 2.20. The van der Waals surface area contributed by atoms with E-state index in [2.05, 4.69) is 33.2 Å². The Morgan fingerprint density at radius 3 is 3.00 bits per heavy atom. The zero-order valence-electron chi connectivity index (χ0n) is 8.05. The summed E-state index contributed by atoms with van der Waals surface area (Å²) in [7, 11) is 0. The van der Waals surface area contributed by atoms with Gasteiger partial charge in [0.05, 0.1) is 10.0 Å². The van der Waals surface area contributed by atoms with Crippen LogP contribution in [0.15, 0.2) is 16.7 Å². The van der Waals surface area contributed by atoms with Gasteiger partial charge < -0.3 is 5.32 Å². The number of rotatable bonds is 4. The topological polar surface area (TPSA) is 48.7 Å². The molecule has 0 amide bonds. The first kappa shape index (κ1) is 11.0. The Labute approximate surface area is 92.3 Å². The molecule has 0 fully saturated rings. The summed E-state index contributed by atoms with van der Waals surface area (Å²) in [6.07, 6.45) is 3.84. The third kappa shape index (κ3) is 3.00. The van der Waals surface area contributed by atoms with Gasteiger partial charge >= 0.3 is 0 Å². The summed E-state index contributed by atoms with van der Waals surface area (Å²) in [5.41, 5.74) is 0.568. The first-order valence-electron chi connectivity index (χ1n) is 4.57. The molecule has 74 valence electrons. The lowest BCUT2D eigenvalue weighted by atomic mass is 10.3. The van der Waals surface area contributed by atoms with E-state index >= 15 is 0 Å². The molecule has 1 heterocycles. The molecule has 1 aromatic rings. The number of halogens is 1. The summed E-state index contributed by atoms with van der Waals surface area (Å²) >= 11 is 3.36. The van der Waals surface area contributed by atoms with Crippen molar-refractivity contribution >= 4 is 21.7 Å². The smallest absolute Gasteiger partial charge is 0.140 e. The van der Waals surface area contributed by atoms with Crippen molar-refractivity contribution in [1.29, 1.82) is 5.26 Å². The van der Waals surface area contributed by atoms with Gasteiger partial charge in [-0.1, -0.05) is 13.3 Å². The maximum Gasteiger partial charge on any atom is 0.140 e. The van der Waals surface area contributed by atoms with Crippen molar-refractivity contribution in [2.75, 3.05) is 11.9 Å². The molecule has 0 saturated carbocycles. The third-order valence-corrected chi connectivity index (χ3v) is 2.40. The van der Waals surface area contributed by atoms with Crippen LogP contribution in [0.5, 0.6) is 0 Å². The monoisotopic (exact) mass is 253 g/mol. The van der Waals surface area contributed by atoms with Crippen LogP contribution >= 0.6 is 15.9 Å². The summed E-state index contributed by atoms with van der Waals surface area (Å²) in [4.78, 5) is 4.14. The largest absolute Gasteiger partial charge is 0.369 e. The van der Waals surface area contributed by atoms with Gasteiger partial charge in [0.1, 0.15) is 11.9 Å². The molecule has 0 aliphatic heterocycles. The number of anilines is 1. The van der Waals surface area contributed by atoms with Gasteiger partial charge in [-0.15, -0.1) is 0 Å². The van der Waals surface area contributed by atoms with Crippen LogP contribution in [0, 0.1) is 11.3 Å². The molecule has 1 rings (SSSR count). The van der Waals surface area contributed by atoms with Gasteiger partial charge in [0.2, 0.25) is 0 Å². The number of hydrogen-bond acceptors (Lipinski definition) is 3. The van der Waals surface area contributed by atoms with Crippen LogP contribution in [0.4, 0.5) is 5.82 Å². The van der Waals surface area contributed by atoms with E-state index in [1.165, 1.54) is 0 Å². The van der Waals surface area contributed by atoms with Gasteiger partial charge in [-0.05, 0) is 28.4 Å². The van der Waals surface area contributed by atoms with Crippen LogP contribution in [-0.4, -0.2) is 11.5 Å². The van der Waals surface area contributed by atoms with E-state index < -0.39 is 0 Å². The van der Waals surface area contributed by atoms with E-state index in [9.17, 15) is 0 Å². The van der Waals surface area contributed by atoms with Crippen LogP contribution in [-0.2, 0) is 0 Å². The molecular formula is C10H12BrN3. The van der Waals surface area contributed by atoms with Crippen LogP contribution in [0.2, 0.25) is 0 Å². The van der Waals surface area contributed by atoms with Crippen molar-refractivity contribution in [2.45, 2.75) is 19.8 Å². The van der Waals surface area contributed by atoms with Crippen LogP contribution < -0.4 is 5.32 Å². The van der Waals surface area contributed by atoms with Gasteiger partial charge in [0, 0.05) is 12.7 Å². The predicted octanol–water partition coefficient (Wildman–Crippen LogP) is 2.93. The molecule has 0 unspecified atom stereocenters. The van der Waals surface area contributed by atoms with Crippen LogP contribution in [0.1, 0.15) is 25.3 Å². The molecule has 0 spiro atoms. The Hall–Kier alpha value is -1.08. The summed E-state index contributed by atoms with van der Waals surface area (Å²) in [5.74, 6) is 0.803. The summed E-state index contributed by atoms with van der Waals surface area (Å²) in [5, 5.41) is 11.8. The van der Waals surface area contributed by atoms with Gasteiger partial charge in [-0.25, -0.2) is 4.98 Å². The Kier molecular flexibility index (Phi) is 4.41. The number of aromatic nitrogens is 1. The Morgan fingerprint density at radius 2 is 2.43 bits per heavy atom. The fraction of sp³-hybridized carbons (Fsp3) is 0.400. The normalized spacial score (nSPS) is 9.50. The molecule has 0 radical (unpaired) electrons. The van der Waals surface area contributed by atoms with E-state index in [-0.39, 0.29) is 0 Å². The quantitative estimate of drug-likeness (QED) is 0.840. The molecule has 3 nitrogen and oxygen atoms in total. The molecule has 0 atom stereocenters. The van der Waals surface area contributed by atoms with Crippen molar-refractivity contribution in [2.24, 2.45) is 0 Å². The van der Waals surface area contributed by atoms with Crippen molar-refractivity contribution < 1.29 is 0 Å². The Morgan fingerprint density at radius 1 is 1.64 bits per heavy atom. The second kappa shape index (κ2) is 5.61. The number of nitriles is 1. The molecule has 0 aliphatic rings. The van der Waals surface area contributed by atoms with Gasteiger partial charge in [-0.3, -0.25) is 0 Å². The molecule has 14 heavy (non-hydrogen) atoms. The number of unbranched alkanes of at least 4 members (excludes halogenated alkanes) is 1. The molecule has 4 heteroatoms. The van der Waals surface area contributed by atoms with E-state index in [4.69, 9.17) is 5.26 Å². The highest BCUT2D eigenvalue weighted by Crippen LogP contribution is 2.20. The second-order valence-electron chi connectivity index (χ2n) is 2.95. The maximum atomic E-state index is 8.64. The minimum absolute atomic E-state index is 0.568. The standard InChI is InChI=1S/C10H12BrN3/c1-2-3-4-13-10-9(11)5-8(6-12)7-14-10/h5,7H,2-4H2,1H3,(H,13,14). The van der Waals surface area contributed by atoms with E-state index in [0.717, 1.165) is 29.7 Å². The minimum atomic E-state index is 0.568. The van der Waals surface area contributed by atoms with Crippen molar-refractivity contribution in [1.82, 2.24) is 4.98 Å². The van der Waals surface area contributed by atoms with Crippen LogP contribution in [0.3, 0.4) is 0 Å². The first-order valence-corrected chi connectivity index (χ1v) is 5.36. The molecular weight excluding hydrogens is 242 g/mol. The number of nitrogens with zero attached hydrogens (tertiary/aromatic N) is 2. The fourth-order valence-electron chi connectivity index (χ4n) is 1.01. The van der Waals surface area contributed by atoms with Crippen LogP contribution in [0.25, 0.3) is 0 Å². The number of hydrogen-bond donors (Lipinski definition) is 1. The zero-order valence-corrected chi connectivity index (χ0v) is 9.63. The molecule has 0 saturated heterocycles. The Bertz CT molecular complexity index is 344. The molecule has 1 aromatic heterocycles. The van der Waals surface area contributed by atoms with Crippen molar-refractivity contribution in [3.05, 3.63) is 22.3 Å². The summed E-state index contributed by atoms with van der Waals surface area (Å²) in [6, 6.07) is 3.81. The molecule has 1 N–H and O–H groups in total. The number of nitrogens with one attached hydrogen (secondary N) is 1. The average molecular weight is 254 g/mol. The van der Waals surface area contributed by atoms with Gasteiger partial charge in [0.25, 0.3) is 0 Å². The second-order valence-corrected chi connectivity index (χ2v) is 3.80. The maximum absolute atomic E-state index is 8.64. The molecule has 0 bridgehead atoms. The summed E-state index contributed by atoms with van der Waals surface area (Å²) < 4.78 is 0.840. The molecule has 0 aliphatic carbocycles. The predicted molar refractivity (Wildman–Crippen MR) is 60.0 cm³/mol. The molecule has 0 aromatic carbocycles. The van der Waals surface area contributed by atoms with Crippen molar-refractivity contribution in [3.8, 4) is 6.07 Å². The SMILES string of the molecule is CCCCNc1ncc(C#N)cc1Br. The third-order valence-electron chi connectivity index (χ3n) is 1.79. The van der Waals surface area contributed by atoms with E-state index in [1.54, 1.807) is 12.3 Å². The van der Waals surface area contributed by atoms with E-state index in [0.29, 0.717) is 5.56 Å². The highest BCUT2D eigenvalue weighted by molar-refractivity contribution is 9.10. The minimum Gasteiger partial charge on any atom is -0.369 e. The summed E-state index contributed by atoms with van der Waals surface area (Å²) in [6.45, 7) is 3.05. The fourth-order valence-corrected chi connectivity index (χ4v) is 1.50. The highest BCUT2D eigenvalue weighted by atomic mass is 79.9. The first-order chi connectivity index (χ1) is 6.77. The van der Waals surface area contributed by atoms with Crippen molar-refractivity contribution in [3.63, 3.8) is 0 Å². The zero-order chi connectivity index (χ0) is 10.4.